The summed E-state index contributed by atoms with van der Waals surface area (Å²) in [7, 11) is 0. The molecule has 0 aliphatic rings. The van der Waals surface area contributed by atoms with Crippen LogP contribution in [0.4, 0.5) is 0 Å². The summed E-state index contributed by atoms with van der Waals surface area (Å²) < 4.78 is 0. The highest BCUT2D eigenvalue weighted by atomic mass is 16.1. The average Bonchev–Trinajstić information content (AvgIpc) is 2.41. The van der Waals surface area contributed by atoms with Crippen LogP contribution in [0.15, 0.2) is 72.8 Å². The van der Waals surface area contributed by atoms with Gasteiger partial charge in [-0.15, -0.1) is 0 Å². The summed E-state index contributed by atoms with van der Waals surface area (Å²) in [4.78, 5) is 12.3. The van der Waals surface area contributed by atoms with Crippen molar-refractivity contribution in [3.8, 4) is 0 Å². The third-order valence-corrected chi connectivity index (χ3v) is 2.95. The Morgan fingerprint density at radius 2 is 1.28 bits per heavy atom. The molecular formula is C17H16O. The molecule has 2 aromatic rings. The van der Waals surface area contributed by atoms with Gasteiger partial charge in [-0.1, -0.05) is 67.2 Å². The first kappa shape index (κ1) is 12.3. The first-order valence-electron chi connectivity index (χ1n) is 6.00. The maximum Gasteiger partial charge on any atom is 0.169 e. The molecule has 2 rings (SSSR count). The number of hydrogen-bond donors (Lipinski definition) is 0. The van der Waals surface area contributed by atoms with Crippen LogP contribution in [-0.4, -0.2) is 5.78 Å². The van der Waals surface area contributed by atoms with Crippen LogP contribution in [0.5, 0.6) is 0 Å². The molecule has 0 amide bonds. The Bertz CT molecular complexity index is 501. The van der Waals surface area contributed by atoms with E-state index in [4.69, 9.17) is 0 Å². The number of Topliss-reactive ketones (excluding diaryl/α,β-unsaturated/α-hetero) is 1. The van der Waals surface area contributed by atoms with Crippen molar-refractivity contribution in [3.63, 3.8) is 0 Å². The zero-order valence-electron chi connectivity index (χ0n) is 10.5. The fourth-order valence-electron chi connectivity index (χ4n) is 2.03. The minimum Gasteiger partial charge on any atom is -0.294 e. The van der Waals surface area contributed by atoms with Gasteiger partial charge in [0.2, 0.25) is 0 Å². The second-order valence-electron chi connectivity index (χ2n) is 4.40. The minimum absolute atomic E-state index is 0.0763. The molecule has 0 bridgehead atoms. The molecule has 0 fully saturated rings. The van der Waals surface area contributed by atoms with Gasteiger partial charge in [0, 0.05) is 0 Å². The highest BCUT2D eigenvalue weighted by Gasteiger charge is 2.22. The molecule has 0 saturated carbocycles. The molecule has 0 saturated heterocycles. The lowest BCUT2D eigenvalue weighted by atomic mass is 9.85. The summed E-state index contributed by atoms with van der Waals surface area (Å²) in [5, 5.41) is 0. The number of benzene rings is 2. The lowest BCUT2D eigenvalue weighted by Crippen LogP contribution is -2.14. The summed E-state index contributed by atoms with van der Waals surface area (Å²) >= 11 is 0. The van der Waals surface area contributed by atoms with E-state index in [-0.39, 0.29) is 11.7 Å². The van der Waals surface area contributed by atoms with Gasteiger partial charge in [-0.2, -0.15) is 0 Å². The standard InChI is InChI=1S/C17H16O/c1-13(2)17(18)16(14-9-5-3-6-10-14)15-11-7-4-8-12-15/h3-12,16H,1H2,2H3. The number of allylic oxidation sites excluding steroid dienone is 1. The Morgan fingerprint density at radius 1 is 0.889 bits per heavy atom. The predicted octanol–water partition coefficient (Wildman–Crippen LogP) is 3.96. The fourth-order valence-corrected chi connectivity index (χ4v) is 2.03. The number of hydrogen-bond acceptors (Lipinski definition) is 1. The Balaban J connectivity index is 2.48. The van der Waals surface area contributed by atoms with E-state index in [0.29, 0.717) is 5.57 Å². The van der Waals surface area contributed by atoms with Crippen molar-refractivity contribution in [1.82, 2.24) is 0 Å². The zero-order valence-corrected chi connectivity index (χ0v) is 10.5. The number of carbonyl (C=O) groups excluding carboxylic acids is 1. The summed E-state index contributed by atoms with van der Waals surface area (Å²) in [6.45, 7) is 5.54. The van der Waals surface area contributed by atoms with Crippen LogP contribution >= 0.6 is 0 Å². The van der Waals surface area contributed by atoms with Crippen molar-refractivity contribution in [2.24, 2.45) is 0 Å². The number of ketones is 1. The van der Waals surface area contributed by atoms with Crippen LogP contribution < -0.4 is 0 Å². The normalized spacial score (nSPS) is 10.3. The summed E-state index contributed by atoms with van der Waals surface area (Å²) in [5.74, 6) is -0.169. The molecule has 0 spiro atoms. The molecule has 18 heavy (non-hydrogen) atoms. The highest BCUT2D eigenvalue weighted by molar-refractivity contribution is 6.01. The molecule has 2 aromatic carbocycles. The van der Waals surface area contributed by atoms with Gasteiger partial charge in [0.25, 0.3) is 0 Å². The van der Waals surface area contributed by atoms with Crippen molar-refractivity contribution in [3.05, 3.63) is 83.9 Å². The van der Waals surface area contributed by atoms with Gasteiger partial charge in [0.1, 0.15) is 0 Å². The summed E-state index contributed by atoms with van der Waals surface area (Å²) in [5.41, 5.74) is 2.61. The number of rotatable bonds is 4. The minimum atomic E-state index is -0.245. The van der Waals surface area contributed by atoms with E-state index in [1.54, 1.807) is 6.92 Å². The third kappa shape index (κ3) is 2.57. The summed E-state index contributed by atoms with van der Waals surface area (Å²) in [6, 6.07) is 19.7. The van der Waals surface area contributed by atoms with Crippen LogP contribution in [0, 0.1) is 0 Å². The maximum absolute atomic E-state index is 12.3. The molecule has 0 aliphatic carbocycles. The molecule has 0 unspecified atom stereocenters. The maximum atomic E-state index is 12.3. The fraction of sp³-hybridized carbons (Fsp3) is 0.118. The molecule has 90 valence electrons. The molecule has 0 heterocycles. The topological polar surface area (TPSA) is 17.1 Å². The second-order valence-corrected chi connectivity index (χ2v) is 4.40. The van der Waals surface area contributed by atoms with E-state index in [0.717, 1.165) is 11.1 Å². The third-order valence-electron chi connectivity index (χ3n) is 2.95. The molecule has 0 aromatic heterocycles. The Labute approximate surface area is 108 Å². The first-order valence-corrected chi connectivity index (χ1v) is 6.00. The molecule has 0 atom stereocenters. The molecular weight excluding hydrogens is 220 g/mol. The van der Waals surface area contributed by atoms with E-state index in [1.807, 2.05) is 60.7 Å². The quantitative estimate of drug-likeness (QED) is 0.734. The second kappa shape index (κ2) is 5.46. The van der Waals surface area contributed by atoms with Gasteiger partial charge in [0.05, 0.1) is 5.92 Å². The van der Waals surface area contributed by atoms with Crippen LogP contribution in [0.3, 0.4) is 0 Å². The summed E-state index contributed by atoms with van der Waals surface area (Å²) in [6.07, 6.45) is 0. The van der Waals surface area contributed by atoms with Crippen molar-refractivity contribution >= 4 is 5.78 Å². The van der Waals surface area contributed by atoms with Gasteiger partial charge in [-0.25, -0.2) is 0 Å². The first-order chi connectivity index (χ1) is 8.70. The number of carbonyl (C=O) groups is 1. The molecule has 1 heteroatoms. The Morgan fingerprint density at radius 3 is 1.61 bits per heavy atom. The van der Waals surface area contributed by atoms with Gasteiger partial charge in [-0.3, -0.25) is 4.79 Å². The Hall–Kier alpha value is -2.15. The van der Waals surface area contributed by atoms with Crippen LogP contribution in [0.1, 0.15) is 24.0 Å². The van der Waals surface area contributed by atoms with Crippen molar-refractivity contribution in [2.75, 3.05) is 0 Å². The van der Waals surface area contributed by atoms with E-state index in [2.05, 4.69) is 6.58 Å². The van der Waals surface area contributed by atoms with Crippen LogP contribution in [0.2, 0.25) is 0 Å². The van der Waals surface area contributed by atoms with E-state index < -0.39 is 0 Å². The monoisotopic (exact) mass is 236 g/mol. The Kier molecular flexibility index (Phi) is 3.73. The van der Waals surface area contributed by atoms with Crippen LogP contribution in [0.25, 0.3) is 0 Å². The van der Waals surface area contributed by atoms with Gasteiger partial charge < -0.3 is 0 Å². The average molecular weight is 236 g/mol. The van der Waals surface area contributed by atoms with E-state index in [1.165, 1.54) is 0 Å². The molecule has 1 nitrogen and oxygen atoms in total. The largest absolute Gasteiger partial charge is 0.294 e. The van der Waals surface area contributed by atoms with E-state index >= 15 is 0 Å². The smallest absolute Gasteiger partial charge is 0.169 e. The van der Waals surface area contributed by atoms with Gasteiger partial charge in [-0.05, 0) is 23.6 Å². The SMILES string of the molecule is C=C(C)C(=O)C(c1ccccc1)c1ccccc1. The molecule has 0 N–H and O–H groups in total. The van der Waals surface area contributed by atoms with Crippen LogP contribution in [-0.2, 0) is 4.79 Å². The van der Waals surface area contributed by atoms with Gasteiger partial charge in [0.15, 0.2) is 5.78 Å². The lowest BCUT2D eigenvalue weighted by Gasteiger charge is -2.16. The van der Waals surface area contributed by atoms with Crippen molar-refractivity contribution < 1.29 is 4.79 Å². The molecule has 0 radical (unpaired) electrons. The van der Waals surface area contributed by atoms with Crippen molar-refractivity contribution in [1.29, 1.82) is 0 Å². The van der Waals surface area contributed by atoms with Crippen molar-refractivity contribution in [2.45, 2.75) is 12.8 Å². The predicted molar refractivity (Wildman–Crippen MR) is 74.5 cm³/mol. The van der Waals surface area contributed by atoms with Gasteiger partial charge >= 0.3 is 0 Å². The molecule has 0 aliphatic heterocycles. The zero-order chi connectivity index (χ0) is 13.0. The van der Waals surface area contributed by atoms with E-state index in [9.17, 15) is 4.79 Å². The lowest BCUT2D eigenvalue weighted by molar-refractivity contribution is -0.116. The highest BCUT2D eigenvalue weighted by Crippen LogP contribution is 2.27.